The van der Waals surface area contributed by atoms with Crippen molar-refractivity contribution in [3.63, 3.8) is 0 Å². The molecule has 0 bridgehead atoms. The molecule has 0 unspecified atom stereocenters. The molecule has 0 saturated carbocycles. The van der Waals surface area contributed by atoms with Gasteiger partial charge >= 0.3 is 6.09 Å². The van der Waals surface area contributed by atoms with Gasteiger partial charge in [0.1, 0.15) is 17.6 Å². The van der Waals surface area contributed by atoms with E-state index < -0.39 is 0 Å². The molecule has 0 aliphatic carbocycles. The second-order valence-corrected chi connectivity index (χ2v) is 7.34. The molecule has 7 heteroatoms. The van der Waals surface area contributed by atoms with Gasteiger partial charge in [0, 0.05) is 32.6 Å². The predicted molar refractivity (Wildman–Crippen MR) is 89.9 cm³/mol. The molecule has 1 aromatic rings. The first-order valence-corrected chi connectivity index (χ1v) is 9.03. The maximum Gasteiger partial charge on any atom is 0.410 e. The van der Waals surface area contributed by atoms with Gasteiger partial charge in [0.2, 0.25) is 5.91 Å². The van der Waals surface area contributed by atoms with E-state index in [9.17, 15) is 9.59 Å². The number of hydrogen-bond donors (Lipinski definition) is 0. The van der Waals surface area contributed by atoms with E-state index in [0.717, 1.165) is 44.0 Å². The summed E-state index contributed by atoms with van der Waals surface area (Å²) in [5, 5.41) is 0. The predicted octanol–water partition coefficient (Wildman–Crippen LogP) is 1.60. The molecule has 4 heterocycles. The van der Waals surface area contributed by atoms with Gasteiger partial charge in [-0.1, -0.05) is 0 Å². The highest BCUT2D eigenvalue weighted by molar-refractivity contribution is 5.76. The highest BCUT2D eigenvalue weighted by atomic mass is 16.6. The van der Waals surface area contributed by atoms with Crippen molar-refractivity contribution in [2.45, 2.75) is 51.4 Å². The largest absolute Gasteiger partial charge is 0.465 e. The van der Waals surface area contributed by atoms with Crippen LogP contribution in [0.25, 0.3) is 0 Å². The van der Waals surface area contributed by atoms with Crippen LogP contribution < -0.4 is 0 Å². The van der Waals surface area contributed by atoms with Gasteiger partial charge in [0.25, 0.3) is 0 Å². The van der Waals surface area contributed by atoms with Gasteiger partial charge in [-0.05, 0) is 31.9 Å². The van der Waals surface area contributed by atoms with Gasteiger partial charge in [0.15, 0.2) is 0 Å². The second-order valence-electron chi connectivity index (χ2n) is 7.34. The van der Waals surface area contributed by atoms with E-state index in [4.69, 9.17) is 9.15 Å². The number of piperidine rings is 1. The fourth-order valence-corrected chi connectivity index (χ4v) is 4.29. The molecule has 0 radical (unpaired) electrons. The van der Waals surface area contributed by atoms with E-state index in [1.165, 1.54) is 0 Å². The van der Waals surface area contributed by atoms with Crippen LogP contribution in [0.5, 0.6) is 0 Å². The van der Waals surface area contributed by atoms with E-state index in [0.29, 0.717) is 13.1 Å². The minimum Gasteiger partial charge on any atom is -0.465 e. The average Bonchev–Trinajstić information content (AvgIpc) is 3.23. The van der Waals surface area contributed by atoms with Gasteiger partial charge < -0.3 is 14.1 Å². The number of carbonyl (C=O) groups is 2. The van der Waals surface area contributed by atoms with Crippen molar-refractivity contribution in [3.05, 3.63) is 23.7 Å². The number of carbonyl (C=O) groups excluding carboxylic acids is 2. The molecule has 0 spiro atoms. The van der Waals surface area contributed by atoms with Crippen LogP contribution in [-0.2, 0) is 16.1 Å². The molecule has 2 atom stereocenters. The summed E-state index contributed by atoms with van der Waals surface area (Å²) in [6.45, 7) is 7.33. The molecule has 3 aliphatic heterocycles. The highest BCUT2D eigenvalue weighted by Gasteiger charge is 2.50. The Hall–Kier alpha value is -2.02. The van der Waals surface area contributed by atoms with Crippen LogP contribution in [0.4, 0.5) is 4.79 Å². The molecule has 7 nitrogen and oxygen atoms in total. The molecule has 3 fully saturated rings. The number of likely N-dealkylation sites (tertiary alicyclic amines) is 2. The molecule has 4 rings (SSSR count). The van der Waals surface area contributed by atoms with E-state index in [1.807, 2.05) is 24.0 Å². The summed E-state index contributed by atoms with van der Waals surface area (Å²) < 4.78 is 11.2. The van der Waals surface area contributed by atoms with Crippen molar-refractivity contribution in [3.8, 4) is 0 Å². The third-order valence-electron chi connectivity index (χ3n) is 5.63. The lowest BCUT2D eigenvalue weighted by atomic mass is 10.0. The van der Waals surface area contributed by atoms with Crippen molar-refractivity contribution < 1.29 is 18.7 Å². The lowest BCUT2D eigenvalue weighted by Crippen LogP contribution is -2.50. The summed E-state index contributed by atoms with van der Waals surface area (Å²) in [6.07, 6.45) is 1.48. The first-order valence-electron chi connectivity index (χ1n) is 9.03. The Morgan fingerprint density at radius 3 is 2.64 bits per heavy atom. The van der Waals surface area contributed by atoms with Crippen molar-refractivity contribution in [2.24, 2.45) is 0 Å². The van der Waals surface area contributed by atoms with Crippen LogP contribution in [0, 0.1) is 6.92 Å². The molecule has 0 aromatic carbocycles. The summed E-state index contributed by atoms with van der Waals surface area (Å²) >= 11 is 0. The van der Waals surface area contributed by atoms with Crippen LogP contribution in [0.15, 0.2) is 16.5 Å². The fourth-order valence-electron chi connectivity index (χ4n) is 4.29. The van der Waals surface area contributed by atoms with Crippen LogP contribution in [0.1, 0.15) is 31.3 Å². The SMILES string of the molecule is CC(=O)N1C[C@@H]2OC(=O)N(C3CCN(Cc4ccc(C)o4)CC3)[C@@H]2C1. The second kappa shape index (κ2) is 6.37. The molecular formula is C18H25N3O4. The number of furan rings is 1. The van der Waals surface area contributed by atoms with Crippen molar-refractivity contribution >= 4 is 12.0 Å². The molecule has 2 amide bonds. The summed E-state index contributed by atoms with van der Waals surface area (Å²) in [6, 6.07) is 4.23. The molecular weight excluding hydrogens is 322 g/mol. The summed E-state index contributed by atoms with van der Waals surface area (Å²) in [7, 11) is 0. The third kappa shape index (κ3) is 3.13. The van der Waals surface area contributed by atoms with Crippen LogP contribution in [0.2, 0.25) is 0 Å². The Morgan fingerprint density at radius 2 is 2.00 bits per heavy atom. The first kappa shape index (κ1) is 16.4. The number of hydrogen-bond acceptors (Lipinski definition) is 5. The lowest BCUT2D eigenvalue weighted by Gasteiger charge is -2.37. The minimum absolute atomic E-state index is 0.0145. The monoisotopic (exact) mass is 347 g/mol. The van der Waals surface area contributed by atoms with Gasteiger partial charge in [-0.3, -0.25) is 14.6 Å². The number of ether oxygens (including phenoxy) is 1. The van der Waals surface area contributed by atoms with Crippen LogP contribution in [0.3, 0.4) is 0 Å². The number of rotatable bonds is 3. The standard InChI is InChI=1S/C18H25N3O4/c1-12-3-4-15(24-12)9-19-7-5-14(6-8-19)21-16-10-20(13(2)22)11-17(16)25-18(21)23/h3-4,14,16-17H,5-11H2,1-2H3/t16-,17+/m1/s1. The Balaban J connectivity index is 1.35. The van der Waals surface area contributed by atoms with Crippen molar-refractivity contribution in [2.75, 3.05) is 26.2 Å². The summed E-state index contributed by atoms with van der Waals surface area (Å²) in [5.41, 5.74) is 0. The normalized spacial score (nSPS) is 27.7. The molecule has 25 heavy (non-hydrogen) atoms. The van der Waals surface area contributed by atoms with E-state index in [2.05, 4.69) is 4.90 Å². The fraction of sp³-hybridized carbons (Fsp3) is 0.667. The summed E-state index contributed by atoms with van der Waals surface area (Å²) in [4.78, 5) is 30.0. The van der Waals surface area contributed by atoms with Crippen molar-refractivity contribution in [1.82, 2.24) is 14.7 Å². The molecule has 1 aromatic heterocycles. The Kier molecular flexibility index (Phi) is 4.19. The maximum atomic E-state index is 12.3. The van der Waals surface area contributed by atoms with Gasteiger partial charge in [-0.2, -0.15) is 0 Å². The van der Waals surface area contributed by atoms with E-state index in [1.54, 1.807) is 11.8 Å². The number of amides is 2. The third-order valence-corrected chi connectivity index (χ3v) is 5.63. The quantitative estimate of drug-likeness (QED) is 0.831. The number of nitrogens with zero attached hydrogens (tertiary/aromatic N) is 3. The number of fused-ring (bicyclic) bond motifs is 1. The Bertz CT molecular complexity index is 665. The van der Waals surface area contributed by atoms with Gasteiger partial charge in [0.05, 0.1) is 19.1 Å². The smallest absolute Gasteiger partial charge is 0.410 e. The van der Waals surface area contributed by atoms with Crippen LogP contribution in [-0.4, -0.2) is 71.1 Å². The summed E-state index contributed by atoms with van der Waals surface area (Å²) in [5.74, 6) is 1.98. The zero-order valence-corrected chi connectivity index (χ0v) is 14.8. The first-order chi connectivity index (χ1) is 12.0. The topological polar surface area (TPSA) is 66.2 Å². The average molecular weight is 347 g/mol. The zero-order chi connectivity index (χ0) is 17.6. The number of aryl methyl sites for hydroxylation is 1. The molecule has 0 N–H and O–H groups in total. The molecule has 3 aliphatic rings. The van der Waals surface area contributed by atoms with Crippen LogP contribution >= 0.6 is 0 Å². The minimum atomic E-state index is -0.210. The van der Waals surface area contributed by atoms with Gasteiger partial charge in [-0.15, -0.1) is 0 Å². The molecule has 3 saturated heterocycles. The Morgan fingerprint density at radius 1 is 1.24 bits per heavy atom. The lowest BCUT2D eigenvalue weighted by molar-refractivity contribution is -0.128. The molecule has 136 valence electrons. The zero-order valence-electron chi connectivity index (χ0n) is 14.8. The van der Waals surface area contributed by atoms with Gasteiger partial charge in [-0.25, -0.2) is 4.79 Å². The maximum absolute atomic E-state index is 12.3. The van der Waals surface area contributed by atoms with E-state index in [-0.39, 0.29) is 30.2 Å². The van der Waals surface area contributed by atoms with E-state index >= 15 is 0 Å². The van der Waals surface area contributed by atoms with Crippen molar-refractivity contribution in [1.29, 1.82) is 0 Å². The Labute approximate surface area is 147 Å². The highest BCUT2D eigenvalue weighted by Crippen LogP contribution is 2.32.